The highest BCUT2D eigenvalue weighted by molar-refractivity contribution is 5.82. The van der Waals surface area contributed by atoms with Crippen LogP contribution in [0.4, 0.5) is 4.39 Å². The van der Waals surface area contributed by atoms with Crippen molar-refractivity contribution in [2.24, 2.45) is 0 Å². The van der Waals surface area contributed by atoms with Crippen LogP contribution < -0.4 is 14.8 Å². The number of carbonyl (C=O) groups is 2. The standard InChI is InChI=1S/C18H16FNO5/c19-13-4-5-15-12(7-13)8-16(25-15)18(23)20-9-11-2-1-3-14(6-11)24-10-17(21)22/h1-7,16H,8-10H2,(H,20,23)(H,21,22)/t16-/m1/s1. The first kappa shape index (κ1) is 16.8. The van der Waals surface area contributed by atoms with Crippen LogP contribution in [0.15, 0.2) is 42.5 Å². The molecule has 25 heavy (non-hydrogen) atoms. The van der Waals surface area contributed by atoms with Crippen LogP contribution >= 0.6 is 0 Å². The third-order valence-electron chi connectivity index (χ3n) is 3.72. The highest BCUT2D eigenvalue weighted by Gasteiger charge is 2.29. The number of hydrogen-bond acceptors (Lipinski definition) is 4. The van der Waals surface area contributed by atoms with Gasteiger partial charge in [0.15, 0.2) is 12.7 Å². The first-order valence-corrected chi connectivity index (χ1v) is 7.67. The Balaban J connectivity index is 1.55. The molecular formula is C18H16FNO5. The molecule has 2 aromatic carbocycles. The molecular weight excluding hydrogens is 329 g/mol. The van der Waals surface area contributed by atoms with Crippen LogP contribution in [0.25, 0.3) is 0 Å². The molecule has 130 valence electrons. The lowest BCUT2D eigenvalue weighted by Gasteiger charge is -2.12. The zero-order chi connectivity index (χ0) is 17.8. The molecule has 0 saturated carbocycles. The number of carboxylic acid groups (broad SMARTS) is 1. The van der Waals surface area contributed by atoms with E-state index in [0.29, 0.717) is 23.5 Å². The zero-order valence-electron chi connectivity index (χ0n) is 13.2. The van der Waals surface area contributed by atoms with Gasteiger partial charge < -0.3 is 19.9 Å². The van der Waals surface area contributed by atoms with E-state index in [0.717, 1.165) is 5.56 Å². The third-order valence-corrected chi connectivity index (χ3v) is 3.72. The van der Waals surface area contributed by atoms with Gasteiger partial charge in [-0.05, 0) is 35.9 Å². The number of amides is 1. The maximum atomic E-state index is 13.2. The fourth-order valence-corrected chi connectivity index (χ4v) is 2.56. The second kappa shape index (κ2) is 7.21. The van der Waals surface area contributed by atoms with Gasteiger partial charge in [0.25, 0.3) is 5.91 Å². The number of carbonyl (C=O) groups excluding carboxylic acids is 1. The first-order valence-electron chi connectivity index (χ1n) is 7.67. The number of rotatable bonds is 6. The molecule has 1 aliphatic rings. The van der Waals surface area contributed by atoms with Crippen molar-refractivity contribution in [3.63, 3.8) is 0 Å². The van der Waals surface area contributed by atoms with Gasteiger partial charge in [0, 0.05) is 18.5 Å². The summed E-state index contributed by atoms with van der Waals surface area (Å²) in [7, 11) is 0. The van der Waals surface area contributed by atoms with Crippen molar-refractivity contribution in [1.82, 2.24) is 5.32 Å². The van der Waals surface area contributed by atoms with E-state index >= 15 is 0 Å². The van der Waals surface area contributed by atoms with E-state index in [2.05, 4.69) is 5.32 Å². The number of halogens is 1. The summed E-state index contributed by atoms with van der Waals surface area (Å²) in [4.78, 5) is 22.7. The van der Waals surface area contributed by atoms with Gasteiger partial charge in [0.2, 0.25) is 0 Å². The van der Waals surface area contributed by atoms with Crippen LogP contribution in [0.2, 0.25) is 0 Å². The number of aliphatic carboxylic acids is 1. The lowest BCUT2D eigenvalue weighted by Crippen LogP contribution is -2.37. The fraction of sp³-hybridized carbons (Fsp3) is 0.222. The van der Waals surface area contributed by atoms with Crippen molar-refractivity contribution in [2.75, 3.05) is 6.61 Å². The van der Waals surface area contributed by atoms with Crippen LogP contribution in [-0.4, -0.2) is 29.7 Å². The van der Waals surface area contributed by atoms with Crippen LogP contribution in [0, 0.1) is 5.82 Å². The number of carboxylic acids is 1. The highest BCUT2D eigenvalue weighted by atomic mass is 19.1. The minimum Gasteiger partial charge on any atom is -0.482 e. The summed E-state index contributed by atoms with van der Waals surface area (Å²) in [5.74, 6) is -0.789. The maximum absolute atomic E-state index is 13.2. The molecule has 0 unspecified atom stereocenters. The van der Waals surface area contributed by atoms with Gasteiger partial charge in [-0.25, -0.2) is 9.18 Å². The Labute approximate surface area is 143 Å². The lowest BCUT2D eigenvalue weighted by molar-refractivity contribution is -0.139. The van der Waals surface area contributed by atoms with Gasteiger partial charge >= 0.3 is 5.97 Å². The fourth-order valence-electron chi connectivity index (χ4n) is 2.56. The normalized spacial score (nSPS) is 15.2. The van der Waals surface area contributed by atoms with Crippen LogP contribution in [0.5, 0.6) is 11.5 Å². The Bertz CT molecular complexity index is 808. The van der Waals surface area contributed by atoms with Crippen molar-refractivity contribution in [3.8, 4) is 11.5 Å². The number of ether oxygens (including phenoxy) is 2. The monoisotopic (exact) mass is 345 g/mol. The van der Waals surface area contributed by atoms with Gasteiger partial charge in [-0.2, -0.15) is 0 Å². The summed E-state index contributed by atoms with van der Waals surface area (Å²) in [5, 5.41) is 11.4. The van der Waals surface area contributed by atoms with E-state index in [1.54, 1.807) is 24.3 Å². The average Bonchev–Trinajstić information content (AvgIpc) is 3.01. The molecule has 1 amide bonds. The molecule has 2 aromatic rings. The molecule has 2 N–H and O–H groups in total. The second-order valence-electron chi connectivity index (χ2n) is 5.61. The second-order valence-corrected chi connectivity index (χ2v) is 5.61. The number of hydrogen-bond donors (Lipinski definition) is 2. The molecule has 1 atom stereocenters. The van der Waals surface area contributed by atoms with Gasteiger partial charge in [0.05, 0.1) is 0 Å². The van der Waals surface area contributed by atoms with Crippen molar-refractivity contribution in [3.05, 3.63) is 59.4 Å². The van der Waals surface area contributed by atoms with Crippen molar-refractivity contribution < 1.29 is 28.6 Å². The van der Waals surface area contributed by atoms with Crippen LogP contribution in [0.3, 0.4) is 0 Å². The van der Waals surface area contributed by atoms with Crippen LogP contribution in [0.1, 0.15) is 11.1 Å². The van der Waals surface area contributed by atoms with E-state index < -0.39 is 18.7 Å². The molecule has 0 aliphatic carbocycles. The predicted octanol–water partition coefficient (Wildman–Crippen LogP) is 1.91. The Kier molecular flexibility index (Phi) is 4.83. The molecule has 1 aliphatic heterocycles. The molecule has 6 nitrogen and oxygen atoms in total. The van der Waals surface area contributed by atoms with E-state index in [-0.39, 0.29) is 18.3 Å². The molecule has 0 fully saturated rings. The average molecular weight is 345 g/mol. The van der Waals surface area contributed by atoms with Gasteiger partial charge in [-0.1, -0.05) is 12.1 Å². The lowest BCUT2D eigenvalue weighted by atomic mass is 10.1. The van der Waals surface area contributed by atoms with Gasteiger partial charge in [0.1, 0.15) is 17.3 Å². The minimum atomic E-state index is -1.06. The molecule has 0 aromatic heterocycles. The molecule has 0 radical (unpaired) electrons. The topological polar surface area (TPSA) is 84.9 Å². The Hall–Kier alpha value is -3.09. The van der Waals surface area contributed by atoms with E-state index in [1.165, 1.54) is 18.2 Å². The smallest absolute Gasteiger partial charge is 0.341 e. The van der Waals surface area contributed by atoms with Crippen LogP contribution in [-0.2, 0) is 22.6 Å². The highest BCUT2D eigenvalue weighted by Crippen LogP contribution is 2.29. The molecule has 0 bridgehead atoms. The van der Waals surface area contributed by atoms with Gasteiger partial charge in [-0.3, -0.25) is 4.79 Å². The summed E-state index contributed by atoms with van der Waals surface area (Å²) in [6.07, 6.45) is -0.371. The zero-order valence-corrected chi connectivity index (χ0v) is 13.2. The number of fused-ring (bicyclic) bond motifs is 1. The molecule has 0 saturated heterocycles. The largest absolute Gasteiger partial charge is 0.482 e. The van der Waals surface area contributed by atoms with Crippen molar-refractivity contribution in [1.29, 1.82) is 0 Å². The maximum Gasteiger partial charge on any atom is 0.341 e. The molecule has 1 heterocycles. The van der Waals surface area contributed by atoms with Crippen molar-refractivity contribution >= 4 is 11.9 Å². The predicted molar refractivity (Wildman–Crippen MR) is 85.9 cm³/mol. The summed E-state index contributed by atoms with van der Waals surface area (Å²) in [6, 6.07) is 11.0. The molecule has 3 rings (SSSR count). The van der Waals surface area contributed by atoms with Crippen molar-refractivity contribution in [2.45, 2.75) is 19.1 Å². The Morgan fingerprint density at radius 1 is 1.28 bits per heavy atom. The molecule has 7 heteroatoms. The number of benzene rings is 2. The number of nitrogens with one attached hydrogen (secondary N) is 1. The summed E-state index contributed by atoms with van der Waals surface area (Å²) < 4.78 is 23.8. The summed E-state index contributed by atoms with van der Waals surface area (Å²) in [6.45, 7) is -0.186. The van der Waals surface area contributed by atoms with Gasteiger partial charge in [-0.15, -0.1) is 0 Å². The first-order chi connectivity index (χ1) is 12.0. The minimum absolute atomic E-state index is 0.244. The summed E-state index contributed by atoms with van der Waals surface area (Å²) >= 11 is 0. The SMILES string of the molecule is O=C(O)COc1cccc(CNC(=O)[C@H]2Cc3cc(F)ccc3O2)c1. The Morgan fingerprint density at radius 3 is 2.92 bits per heavy atom. The quantitative estimate of drug-likeness (QED) is 0.835. The van der Waals surface area contributed by atoms with E-state index in [9.17, 15) is 14.0 Å². The third kappa shape index (κ3) is 4.26. The van der Waals surface area contributed by atoms with E-state index in [4.69, 9.17) is 14.6 Å². The summed E-state index contributed by atoms with van der Waals surface area (Å²) in [5.41, 5.74) is 1.43. The Morgan fingerprint density at radius 2 is 2.12 bits per heavy atom. The van der Waals surface area contributed by atoms with E-state index in [1.807, 2.05) is 0 Å². The molecule has 0 spiro atoms.